The number of nitrogens with zero attached hydrogens (tertiary/aromatic N) is 4. The van der Waals surface area contributed by atoms with Crippen molar-refractivity contribution in [3.63, 3.8) is 0 Å². The number of esters is 1. The van der Waals surface area contributed by atoms with Crippen molar-refractivity contribution < 1.29 is 27.9 Å². The molecule has 216 valence electrons. The second kappa shape index (κ2) is 11.7. The molecule has 4 N–H and O–H groups in total. The van der Waals surface area contributed by atoms with Crippen molar-refractivity contribution in [2.45, 2.75) is 77.5 Å². The number of hydrogen-bond donors (Lipinski definition) is 3. The Labute approximate surface area is 232 Å². The standard InChI is InChI=1S/C26H36N7O6P/c1-15(2)37-25(34)17(4)32-40(35,39-19-8-6-5-7-9-19)36-13-20-12-16(3)24(38-20)33-14-28-21-22(29-18-10-11-18)30-26(27)31-23(21)33/h5-9,14-18,20,24H,10-13H2,1-4H3,(H,32,35)(H3,27,29,30,31)/t16-,17+,20-,24+,40?/m0/s1. The normalized spacial score (nSPS) is 23.2. The third-order valence-corrected chi connectivity index (χ3v) is 8.18. The number of fused-ring (bicyclic) bond motifs is 1. The Morgan fingerprint density at radius 3 is 2.67 bits per heavy atom. The lowest BCUT2D eigenvalue weighted by molar-refractivity contribution is -0.149. The molecule has 0 amide bonds. The van der Waals surface area contributed by atoms with Crippen molar-refractivity contribution >= 4 is 36.6 Å². The number of carbonyl (C=O) groups excluding carboxylic acids is 1. The molecule has 13 nitrogen and oxygen atoms in total. The predicted molar refractivity (Wildman–Crippen MR) is 149 cm³/mol. The van der Waals surface area contributed by atoms with Crippen LogP contribution in [0.5, 0.6) is 5.75 Å². The Bertz CT molecular complexity index is 1380. The van der Waals surface area contributed by atoms with Crippen LogP contribution in [-0.4, -0.2) is 56.4 Å². The molecule has 1 aliphatic heterocycles. The average Bonchev–Trinajstić information content (AvgIpc) is 3.49. The third kappa shape index (κ3) is 6.72. The Morgan fingerprint density at radius 1 is 1.23 bits per heavy atom. The Hall–Kier alpha value is -3.25. The van der Waals surface area contributed by atoms with Crippen molar-refractivity contribution in [3.05, 3.63) is 36.7 Å². The summed E-state index contributed by atoms with van der Waals surface area (Å²) >= 11 is 0. The van der Waals surface area contributed by atoms with Gasteiger partial charge in [-0.2, -0.15) is 15.1 Å². The molecule has 5 atom stereocenters. The summed E-state index contributed by atoms with van der Waals surface area (Å²) < 4.78 is 38.8. The van der Waals surface area contributed by atoms with Gasteiger partial charge in [0.1, 0.15) is 18.0 Å². The van der Waals surface area contributed by atoms with Gasteiger partial charge in [-0.25, -0.2) is 9.55 Å². The number of hydrogen-bond acceptors (Lipinski definition) is 11. The van der Waals surface area contributed by atoms with E-state index < -0.39 is 32.1 Å². The lowest BCUT2D eigenvalue weighted by Gasteiger charge is -2.24. The summed E-state index contributed by atoms with van der Waals surface area (Å²) in [6, 6.07) is 8.06. The quantitative estimate of drug-likeness (QED) is 0.211. The van der Waals surface area contributed by atoms with E-state index in [4.69, 9.17) is 24.3 Å². The van der Waals surface area contributed by atoms with Crippen LogP contribution in [0.4, 0.5) is 11.8 Å². The van der Waals surface area contributed by atoms with Gasteiger partial charge in [-0.05, 0) is 52.2 Å². The molecule has 1 aliphatic carbocycles. The smallest absolute Gasteiger partial charge is 0.459 e. The summed E-state index contributed by atoms with van der Waals surface area (Å²) in [5.41, 5.74) is 7.21. The summed E-state index contributed by atoms with van der Waals surface area (Å²) in [6.07, 6.45) is 3.33. The maximum Gasteiger partial charge on any atom is 0.459 e. The van der Waals surface area contributed by atoms with E-state index in [1.165, 1.54) is 0 Å². The zero-order chi connectivity index (χ0) is 28.4. The summed E-state index contributed by atoms with van der Waals surface area (Å²) in [7, 11) is -4.00. The maximum absolute atomic E-state index is 13.8. The van der Waals surface area contributed by atoms with Gasteiger partial charge >= 0.3 is 13.7 Å². The van der Waals surface area contributed by atoms with Crippen LogP contribution in [-0.2, 0) is 23.4 Å². The van der Waals surface area contributed by atoms with Crippen LogP contribution in [0.1, 0.15) is 53.2 Å². The van der Waals surface area contributed by atoms with Crippen LogP contribution < -0.4 is 20.7 Å². The molecular weight excluding hydrogens is 537 g/mol. The van der Waals surface area contributed by atoms with Crippen molar-refractivity contribution in [1.29, 1.82) is 0 Å². The molecule has 2 aromatic heterocycles. The van der Waals surface area contributed by atoms with Gasteiger partial charge in [0.05, 0.1) is 25.1 Å². The fraction of sp³-hybridized carbons (Fsp3) is 0.538. The molecule has 1 saturated heterocycles. The van der Waals surface area contributed by atoms with Crippen molar-refractivity contribution in [2.24, 2.45) is 5.92 Å². The molecule has 2 fully saturated rings. The molecule has 1 saturated carbocycles. The van der Waals surface area contributed by atoms with Crippen LogP contribution in [0.3, 0.4) is 0 Å². The van der Waals surface area contributed by atoms with Gasteiger partial charge in [-0.3, -0.25) is 13.9 Å². The van der Waals surface area contributed by atoms with Gasteiger partial charge in [-0.15, -0.1) is 0 Å². The second-order valence-corrected chi connectivity index (χ2v) is 12.3. The number of nitrogen functional groups attached to an aromatic ring is 1. The monoisotopic (exact) mass is 573 g/mol. The summed E-state index contributed by atoms with van der Waals surface area (Å²) in [6.45, 7) is 7.03. The van der Waals surface area contributed by atoms with Gasteiger partial charge < -0.3 is 25.0 Å². The van der Waals surface area contributed by atoms with Gasteiger partial charge in [-0.1, -0.05) is 25.1 Å². The minimum Gasteiger partial charge on any atom is -0.462 e. The highest BCUT2D eigenvalue weighted by molar-refractivity contribution is 7.52. The van der Waals surface area contributed by atoms with Gasteiger partial charge in [0.15, 0.2) is 17.0 Å². The highest BCUT2D eigenvalue weighted by atomic mass is 31.2. The zero-order valence-electron chi connectivity index (χ0n) is 23.0. The van der Waals surface area contributed by atoms with E-state index in [1.54, 1.807) is 51.4 Å². The van der Waals surface area contributed by atoms with Crippen molar-refractivity contribution in [3.8, 4) is 5.75 Å². The largest absolute Gasteiger partial charge is 0.462 e. The first kappa shape index (κ1) is 28.3. The number of nitrogens with one attached hydrogen (secondary N) is 2. The van der Waals surface area contributed by atoms with Gasteiger partial charge in [0, 0.05) is 12.0 Å². The SMILES string of the molecule is CC(C)OC(=O)[C@@H](C)NP(=O)(OC[C@@H]1C[C@H](C)[C@H](n2cnc3c(NC4CC4)nc(N)nc32)O1)Oc1ccccc1. The summed E-state index contributed by atoms with van der Waals surface area (Å²) in [4.78, 5) is 25.7. The number of rotatable bonds is 12. The van der Waals surface area contributed by atoms with Crippen LogP contribution in [0.25, 0.3) is 11.2 Å². The number of anilines is 2. The summed E-state index contributed by atoms with van der Waals surface area (Å²) in [5.74, 6) is 0.594. The maximum atomic E-state index is 13.8. The molecule has 2 aliphatic rings. The lowest BCUT2D eigenvalue weighted by Crippen LogP contribution is -2.36. The highest BCUT2D eigenvalue weighted by Gasteiger charge is 2.39. The van der Waals surface area contributed by atoms with Crippen LogP contribution in [0, 0.1) is 5.92 Å². The second-order valence-electron chi connectivity index (χ2n) is 10.6. The van der Waals surface area contributed by atoms with E-state index in [0.29, 0.717) is 35.2 Å². The Balaban J connectivity index is 1.29. The molecule has 3 heterocycles. The number of carbonyl (C=O) groups is 1. The average molecular weight is 574 g/mol. The van der Waals surface area contributed by atoms with E-state index in [0.717, 1.165) is 12.8 Å². The van der Waals surface area contributed by atoms with Crippen LogP contribution in [0.2, 0.25) is 0 Å². The van der Waals surface area contributed by atoms with Gasteiger partial charge in [0.25, 0.3) is 0 Å². The Morgan fingerprint density at radius 2 is 1.98 bits per heavy atom. The van der Waals surface area contributed by atoms with E-state index in [-0.39, 0.29) is 24.6 Å². The number of aromatic nitrogens is 4. The van der Waals surface area contributed by atoms with Crippen molar-refractivity contribution in [1.82, 2.24) is 24.6 Å². The predicted octanol–water partition coefficient (Wildman–Crippen LogP) is 4.04. The first-order chi connectivity index (χ1) is 19.1. The fourth-order valence-corrected chi connectivity index (χ4v) is 6.04. The van der Waals surface area contributed by atoms with E-state index >= 15 is 0 Å². The van der Waals surface area contributed by atoms with Gasteiger partial charge in [0.2, 0.25) is 5.95 Å². The van der Waals surface area contributed by atoms with Crippen LogP contribution >= 0.6 is 7.75 Å². The lowest BCUT2D eigenvalue weighted by atomic mass is 10.1. The molecule has 1 unspecified atom stereocenters. The number of benzene rings is 1. The number of imidazole rings is 1. The first-order valence-corrected chi connectivity index (χ1v) is 15.0. The van der Waals surface area contributed by atoms with Crippen LogP contribution in [0.15, 0.2) is 36.7 Å². The molecule has 3 aromatic rings. The molecule has 5 rings (SSSR count). The van der Waals surface area contributed by atoms with E-state index in [9.17, 15) is 9.36 Å². The van der Waals surface area contributed by atoms with Crippen molar-refractivity contribution in [2.75, 3.05) is 17.7 Å². The fourth-order valence-electron chi connectivity index (χ4n) is 4.52. The highest BCUT2D eigenvalue weighted by Crippen LogP contribution is 2.46. The topological polar surface area (TPSA) is 165 Å². The molecule has 40 heavy (non-hydrogen) atoms. The summed E-state index contributed by atoms with van der Waals surface area (Å²) in [5, 5.41) is 6.07. The zero-order valence-corrected chi connectivity index (χ0v) is 23.9. The number of nitrogens with two attached hydrogens (primary N) is 1. The molecule has 0 radical (unpaired) electrons. The first-order valence-electron chi connectivity index (χ1n) is 13.5. The molecular formula is C26H36N7O6P. The molecule has 0 spiro atoms. The number of ether oxygens (including phenoxy) is 2. The molecule has 14 heteroatoms. The minimum atomic E-state index is -4.00. The number of para-hydroxylation sites is 1. The van der Waals surface area contributed by atoms with E-state index in [2.05, 4.69) is 25.4 Å². The molecule has 0 bridgehead atoms. The minimum absolute atomic E-state index is 0.0395. The van der Waals surface area contributed by atoms with E-state index in [1.807, 2.05) is 17.6 Å². The molecule has 1 aromatic carbocycles. The Kier molecular flexibility index (Phi) is 8.27. The third-order valence-electron chi connectivity index (χ3n) is 6.54.